The van der Waals surface area contributed by atoms with Gasteiger partial charge in [0.15, 0.2) is 11.5 Å². The van der Waals surface area contributed by atoms with Crippen LogP contribution < -0.4 is 24.8 Å². The van der Waals surface area contributed by atoms with Crippen molar-refractivity contribution in [3.05, 3.63) is 18.2 Å². The Kier molecular flexibility index (Phi) is 8.33. The predicted molar refractivity (Wildman–Crippen MR) is 103 cm³/mol. The second kappa shape index (κ2) is 10.5. The van der Waals surface area contributed by atoms with E-state index in [4.69, 9.17) is 9.47 Å². The Morgan fingerprint density at radius 2 is 2.00 bits per heavy atom. The Morgan fingerprint density at radius 1 is 1.22 bits per heavy atom. The molecule has 1 unspecified atom stereocenters. The Labute approximate surface area is 161 Å². The van der Waals surface area contributed by atoms with Crippen LogP contribution in [0.25, 0.3) is 0 Å². The fourth-order valence-corrected chi connectivity index (χ4v) is 4.09. The molecule has 3 N–H and O–H groups in total. The molecule has 1 saturated heterocycles. The standard InChI is InChI=1S/C18H29N3O5S/c1-25-16-6-5-15(12-17(16)26-2)27(23,24)21-11-8-18(22)20-10-7-14-4-3-9-19-13-14/h5-6,12,14,19,21H,3-4,7-11,13H2,1-2H3,(H,20,22). The zero-order valence-electron chi connectivity index (χ0n) is 15.9. The number of benzene rings is 1. The average molecular weight is 400 g/mol. The van der Waals surface area contributed by atoms with Gasteiger partial charge in [0, 0.05) is 25.6 Å². The first kappa shape index (κ1) is 21.5. The SMILES string of the molecule is COc1ccc(S(=O)(=O)NCCC(=O)NCCC2CCCNC2)cc1OC. The molecule has 9 heteroatoms. The van der Waals surface area contributed by atoms with Gasteiger partial charge in [-0.25, -0.2) is 13.1 Å². The number of hydrogen-bond acceptors (Lipinski definition) is 6. The maximum atomic E-state index is 12.4. The Bertz CT molecular complexity index is 718. The molecule has 8 nitrogen and oxygen atoms in total. The quantitative estimate of drug-likeness (QED) is 0.539. The van der Waals surface area contributed by atoms with Crippen molar-refractivity contribution in [2.75, 3.05) is 40.4 Å². The third-order valence-corrected chi connectivity index (χ3v) is 6.04. The van der Waals surface area contributed by atoms with Gasteiger partial charge in [-0.3, -0.25) is 4.79 Å². The van der Waals surface area contributed by atoms with Gasteiger partial charge >= 0.3 is 0 Å². The number of carbonyl (C=O) groups excluding carboxylic acids is 1. The molecule has 0 bridgehead atoms. The van der Waals surface area contributed by atoms with E-state index < -0.39 is 10.0 Å². The van der Waals surface area contributed by atoms with E-state index in [1.54, 1.807) is 0 Å². The highest BCUT2D eigenvalue weighted by Crippen LogP contribution is 2.29. The number of hydrogen-bond donors (Lipinski definition) is 3. The molecular formula is C18H29N3O5S. The molecule has 1 aromatic rings. The zero-order valence-corrected chi connectivity index (χ0v) is 16.7. The second-order valence-corrected chi connectivity index (χ2v) is 8.28. The van der Waals surface area contributed by atoms with Gasteiger partial charge in [-0.2, -0.15) is 0 Å². The summed E-state index contributed by atoms with van der Waals surface area (Å²) in [6.07, 6.45) is 3.40. The van der Waals surface area contributed by atoms with Gasteiger partial charge in [-0.05, 0) is 50.4 Å². The molecule has 1 heterocycles. The Morgan fingerprint density at radius 3 is 2.67 bits per heavy atom. The molecule has 152 valence electrons. The van der Waals surface area contributed by atoms with Crippen molar-refractivity contribution in [2.24, 2.45) is 5.92 Å². The third-order valence-electron chi connectivity index (χ3n) is 4.58. The Hall–Kier alpha value is -1.84. The number of piperidine rings is 1. The van der Waals surface area contributed by atoms with Gasteiger partial charge in [-0.1, -0.05) is 0 Å². The summed E-state index contributed by atoms with van der Waals surface area (Å²) in [4.78, 5) is 12.0. The summed E-state index contributed by atoms with van der Waals surface area (Å²) in [5, 5.41) is 6.20. The highest BCUT2D eigenvalue weighted by Gasteiger charge is 2.17. The van der Waals surface area contributed by atoms with E-state index in [1.807, 2.05) is 0 Å². The van der Waals surface area contributed by atoms with Crippen LogP contribution in [0.2, 0.25) is 0 Å². The molecule has 0 aliphatic carbocycles. The van der Waals surface area contributed by atoms with Crippen molar-refractivity contribution >= 4 is 15.9 Å². The number of amides is 1. The molecule has 1 amide bonds. The van der Waals surface area contributed by atoms with E-state index in [1.165, 1.54) is 45.3 Å². The van der Waals surface area contributed by atoms with Crippen LogP contribution in [0.1, 0.15) is 25.7 Å². The van der Waals surface area contributed by atoms with Gasteiger partial charge in [0.25, 0.3) is 0 Å². The van der Waals surface area contributed by atoms with Crippen molar-refractivity contribution < 1.29 is 22.7 Å². The number of ether oxygens (including phenoxy) is 2. The minimum Gasteiger partial charge on any atom is -0.493 e. The molecule has 27 heavy (non-hydrogen) atoms. The molecule has 0 radical (unpaired) electrons. The number of methoxy groups -OCH3 is 2. The fourth-order valence-electron chi connectivity index (χ4n) is 3.04. The van der Waals surface area contributed by atoms with Crippen molar-refractivity contribution in [1.82, 2.24) is 15.4 Å². The summed E-state index contributed by atoms with van der Waals surface area (Å²) in [6, 6.07) is 4.35. The van der Waals surface area contributed by atoms with E-state index in [2.05, 4.69) is 15.4 Å². The van der Waals surface area contributed by atoms with Crippen molar-refractivity contribution in [1.29, 1.82) is 0 Å². The van der Waals surface area contributed by atoms with Gasteiger partial charge < -0.3 is 20.1 Å². The first-order valence-electron chi connectivity index (χ1n) is 9.15. The summed E-state index contributed by atoms with van der Waals surface area (Å²) in [7, 11) is -0.805. The summed E-state index contributed by atoms with van der Waals surface area (Å²) < 4.78 is 37.4. The minimum atomic E-state index is -3.72. The van der Waals surface area contributed by atoms with Gasteiger partial charge in [0.1, 0.15) is 0 Å². The topological polar surface area (TPSA) is 106 Å². The van der Waals surface area contributed by atoms with E-state index in [0.717, 1.165) is 19.5 Å². The molecule has 1 aliphatic heterocycles. The van der Waals surface area contributed by atoms with Crippen LogP contribution in [0.15, 0.2) is 23.1 Å². The van der Waals surface area contributed by atoms with Gasteiger partial charge in [-0.15, -0.1) is 0 Å². The summed E-state index contributed by atoms with van der Waals surface area (Å²) >= 11 is 0. The zero-order chi connectivity index (χ0) is 19.7. The number of rotatable bonds is 10. The maximum absolute atomic E-state index is 12.4. The van der Waals surface area contributed by atoms with E-state index >= 15 is 0 Å². The molecular weight excluding hydrogens is 370 g/mol. The normalized spacial score (nSPS) is 17.3. The first-order valence-corrected chi connectivity index (χ1v) is 10.6. The van der Waals surface area contributed by atoms with Gasteiger partial charge in [0.2, 0.25) is 15.9 Å². The Balaban J connectivity index is 1.75. The van der Waals surface area contributed by atoms with Crippen LogP contribution in [0, 0.1) is 5.92 Å². The summed E-state index contributed by atoms with van der Waals surface area (Å²) in [5.74, 6) is 1.22. The van der Waals surface area contributed by atoms with Crippen LogP contribution in [0.3, 0.4) is 0 Å². The average Bonchev–Trinajstić information content (AvgIpc) is 2.68. The molecule has 2 rings (SSSR count). The van der Waals surface area contributed by atoms with E-state index in [0.29, 0.717) is 24.0 Å². The van der Waals surface area contributed by atoms with Crippen molar-refractivity contribution in [3.63, 3.8) is 0 Å². The van der Waals surface area contributed by atoms with Crippen LogP contribution in [-0.2, 0) is 14.8 Å². The van der Waals surface area contributed by atoms with Crippen molar-refractivity contribution in [2.45, 2.75) is 30.6 Å². The maximum Gasteiger partial charge on any atom is 0.240 e. The molecule has 0 aromatic heterocycles. The molecule has 0 saturated carbocycles. The number of nitrogens with one attached hydrogen (secondary N) is 3. The molecule has 0 spiro atoms. The molecule has 1 fully saturated rings. The highest BCUT2D eigenvalue weighted by molar-refractivity contribution is 7.89. The fraction of sp³-hybridized carbons (Fsp3) is 0.611. The number of sulfonamides is 1. The minimum absolute atomic E-state index is 0.0352. The highest BCUT2D eigenvalue weighted by atomic mass is 32.2. The van der Waals surface area contributed by atoms with Gasteiger partial charge in [0.05, 0.1) is 19.1 Å². The second-order valence-electron chi connectivity index (χ2n) is 6.52. The van der Waals surface area contributed by atoms with Crippen LogP contribution in [-0.4, -0.2) is 54.7 Å². The largest absolute Gasteiger partial charge is 0.493 e. The van der Waals surface area contributed by atoms with Crippen LogP contribution in [0.5, 0.6) is 11.5 Å². The third kappa shape index (κ3) is 6.67. The lowest BCUT2D eigenvalue weighted by Crippen LogP contribution is -2.34. The summed E-state index contributed by atoms with van der Waals surface area (Å²) in [6.45, 7) is 2.73. The van der Waals surface area contributed by atoms with E-state index in [-0.39, 0.29) is 23.8 Å². The lowest BCUT2D eigenvalue weighted by atomic mass is 9.96. The molecule has 1 atom stereocenters. The molecule has 1 aliphatic rings. The summed E-state index contributed by atoms with van der Waals surface area (Å²) in [5.41, 5.74) is 0. The van der Waals surface area contributed by atoms with Crippen LogP contribution in [0.4, 0.5) is 0 Å². The monoisotopic (exact) mass is 399 g/mol. The lowest BCUT2D eigenvalue weighted by molar-refractivity contribution is -0.120. The van der Waals surface area contributed by atoms with E-state index in [9.17, 15) is 13.2 Å². The smallest absolute Gasteiger partial charge is 0.240 e. The lowest BCUT2D eigenvalue weighted by Gasteiger charge is -2.22. The molecule has 1 aromatic carbocycles. The number of carbonyl (C=O) groups is 1. The van der Waals surface area contributed by atoms with Crippen LogP contribution >= 0.6 is 0 Å². The first-order chi connectivity index (χ1) is 13.0. The predicted octanol–water partition coefficient (Wildman–Crippen LogP) is 0.878. The van der Waals surface area contributed by atoms with Crippen molar-refractivity contribution in [3.8, 4) is 11.5 Å².